The number of aliphatic hydroxyl groups excluding tert-OH is 1. The summed E-state index contributed by atoms with van der Waals surface area (Å²) in [7, 11) is -2.46. The van der Waals surface area contributed by atoms with Crippen LogP contribution in [0.3, 0.4) is 0 Å². The zero-order chi connectivity index (χ0) is 16.9. The first-order chi connectivity index (χ1) is 11.0. The van der Waals surface area contributed by atoms with Crippen molar-refractivity contribution in [1.82, 2.24) is 14.9 Å². The van der Waals surface area contributed by atoms with Gasteiger partial charge in [-0.1, -0.05) is 6.42 Å². The Morgan fingerprint density at radius 3 is 2.70 bits per heavy atom. The summed E-state index contributed by atoms with van der Waals surface area (Å²) in [6.45, 7) is 2.31. The topological polar surface area (TPSA) is 112 Å². The fraction of sp³-hybridized carbons (Fsp3) is 0.643. The maximum Gasteiger partial charge on any atom is 0.273 e. The number of nitrogens with zero attached hydrogens (tertiary/aromatic N) is 1. The molecule has 3 N–H and O–H groups in total. The lowest BCUT2D eigenvalue weighted by Crippen LogP contribution is -2.47. The molecular formula is C14H23N3O5S. The van der Waals surface area contributed by atoms with Crippen molar-refractivity contribution >= 4 is 15.9 Å². The van der Waals surface area contributed by atoms with Crippen molar-refractivity contribution in [3.63, 3.8) is 0 Å². The summed E-state index contributed by atoms with van der Waals surface area (Å²) in [4.78, 5) is 14.4. The van der Waals surface area contributed by atoms with E-state index in [1.165, 1.54) is 13.5 Å². The van der Waals surface area contributed by atoms with Crippen LogP contribution in [0.2, 0.25) is 0 Å². The molecule has 0 bridgehead atoms. The van der Waals surface area contributed by atoms with E-state index in [1.54, 1.807) is 0 Å². The minimum Gasteiger partial charge on any atom is -0.451 e. The lowest BCUT2D eigenvalue weighted by molar-refractivity contribution is 0.0886. The molecule has 8 nitrogen and oxygen atoms in total. The van der Waals surface area contributed by atoms with Crippen LogP contribution >= 0.6 is 0 Å². The summed E-state index contributed by atoms with van der Waals surface area (Å²) in [5.74, 6) is -0.470. The normalized spacial score (nSPS) is 17.8. The number of carbonyl (C=O) groups excluding carboxylic acids is 1. The third-order valence-corrected chi connectivity index (χ3v) is 5.14. The number of rotatable bonds is 7. The van der Waals surface area contributed by atoms with Crippen LogP contribution in [0.25, 0.3) is 0 Å². The van der Waals surface area contributed by atoms with Crippen molar-refractivity contribution < 1.29 is 22.7 Å². The Labute approximate surface area is 135 Å². The number of likely N-dealkylation sites (tertiary alicyclic amines) is 1. The molecule has 1 aromatic heterocycles. The van der Waals surface area contributed by atoms with Gasteiger partial charge in [-0.15, -0.1) is 0 Å². The number of sulfonamides is 1. The largest absolute Gasteiger partial charge is 0.451 e. The second-order valence-corrected chi connectivity index (χ2v) is 7.39. The summed E-state index contributed by atoms with van der Waals surface area (Å²) in [6.07, 6.45) is 4.55. The lowest BCUT2D eigenvalue weighted by Gasteiger charge is -2.30. The van der Waals surface area contributed by atoms with Crippen LogP contribution in [0, 0.1) is 0 Å². The minimum absolute atomic E-state index is 0.107. The highest BCUT2D eigenvalue weighted by molar-refractivity contribution is 7.89. The van der Waals surface area contributed by atoms with Crippen LogP contribution in [0.5, 0.6) is 0 Å². The SMILES string of the molecule is CNS(=O)(=O)c1cc(C(=O)NC(CO)CN2CCCCC2)co1. The van der Waals surface area contributed by atoms with Gasteiger partial charge in [0.05, 0.1) is 18.2 Å². The van der Waals surface area contributed by atoms with Gasteiger partial charge in [-0.3, -0.25) is 4.79 Å². The van der Waals surface area contributed by atoms with Crippen LogP contribution in [-0.4, -0.2) is 63.7 Å². The Hall–Kier alpha value is -1.42. The summed E-state index contributed by atoms with van der Waals surface area (Å²) >= 11 is 0. The van der Waals surface area contributed by atoms with E-state index in [9.17, 15) is 18.3 Å². The molecule has 23 heavy (non-hydrogen) atoms. The summed E-state index contributed by atoms with van der Waals surface area (Å²) in [6, 6.07) is 0.760. The average Bonchev–Trinajstić information content (AvgIpc) is 3.06. The zero-order valence-electron chi connectivity index (χ0n) is 13.1. The van der Waals surface area contributed by atoms with Crippen molar-refractivity contribution in [3.8, 4) is 0 Å². The van der Waals surface area contributed by atoms with E-state index in [2.05, 4.69) is 14.9 Å². The van der Waals surface area contributed by atoms with Gasteiger partial charge >= 0.3 is 0 Å². The fourth-order valence-corrected chi connectivity index (χ4v) is 3.21. The predicted octanol–water partition coefficient (Wildman–Crippen LogP) is -0.236. The molecular weight excluding hydrogens is 322 g/mol. The molecule has 1 aromatic rings. The number of hydrogen-bond acceptors (Lipinski definition) is 6. The Kier molecular flexibility index (Phi) is 6.17. The van der Waals surface area contributed by atoms with Crippen molar-refractivity contribution in [2.24, 2.45) is 0 Å². The zero-order valence-corrected chi connectivity index (χ0v) is 13.9. The summed E-state index contributed by atoms with van der Waals surface area (Å²) in [5, 5.41) is 11.8. The average molecular weight is 345 g/mol. The van der Waals surface area contributed by atoms with Crippen molar-refractivity contribution in [2.45, 2.75) is 30.4 Å². The monoisotopic (exact) mass is 345 g/mol. The van der Waals surface area contributed by atoms with Gasteiger partial charge in [0, 0.05) is 12.6 Å². The predicted molar refractivity (Wildman–Crippen MR) is 83.6 cm³/mol. The Morgan fingerprint density at radius 2 is 2.09 bits per heavy atom. The van der Waals surface area contributed by atoms with Gasteiger partial charge in [0.1, 0.15) is 6.26 Å². The van der Waals surface area contributed by atoms with Gasteiger partial charge in [-0.25, -0.2) is 13.1 Å². The molecule has 1 unspecified atom stereocenters. The van der Waals surface area contributed by atoms with Crippen molar-refractivity contribution in [2.75, 3.05) is 33.3 Å². The van der Waals surface area contributed by atoms with Gasteiger partial charge in [0.2, 0.25) is 5.09 Å². The molecule has 0 aliphatic carbocycles. The molecule has 0 radical (unpaired) electrons. The van der Waals surface area contributed by atoms with Gasteiger partial charge in [0.25, 0.3) is 15.9 Å². The Morgan fingerprint density at radius 1 is 1.39 bits per heavy atom. The first-order valence-electron chi connectivity index (χ1n) is 7.62. The molecule has 1 atom stereocenters. The number of piperidine rings is 1. The minimum atomic E-state index is -3.72. The van der Waals surface area contributed by atoms with Crippen molar-refractivity contribution in [3.05, 3.63) is 17.9 Å². The van der Waals surface area contributed by atoms with Crippen LogP contribution in [0.4, 0.5) is 0 Å². The lowest BCUT2D eigenvalue weighted by atomic mass is 10.1. The molecule has 130 valence electrons. The molecule has 0 spiro atoms. The highest BCUT2D eigenvalue weighted by Gasteiger charge is 2.22. The number of aliphatic hydroxyl groups is 1. The van der Waals surface area contributed by atoms with Crippen LogP contribution < -0.4 is 10.0 Å². The van der Waals surface area contributed by atoms with E-state index < -0.39 is 22.0 Å². The standard InChI is InChI=1S/C14H23N3O5S/c1-15-23(20,21)13-7-11(10-22-13)14(19)16-12(9-18)8-17-5-3-2-4-6-17/h7,10,12,15,18H,2-6,8-9H2,1H3,(H,16,19). The molecule has 1 aliphatic heterocycles. The van der Waals surface area contributed by atoms with Crippen molar-refractivity contribution in [1.29, 1.82) is 0 Å². The molecule has 1 fully saturated rings. The van der Waals surface area contributed by atoms with Crippen LogP contribution in [0.1, 0.15) is 29.6 Å². The van der Waals surface area contributed by atoms with Gasteiger partial charge < -0.3 is 19.7 Å². The highest BCUT2D eigenvalue weighted by atomic mass is 32.2. The van der Waals surface area contributed by atoms with E-state index in [4.69, 9.17) is 4.42 Å². The fourth-order valence-electron chi connectivity index (χ4n) is 2.55. The summed E-state index contributed by atoms with van der Waals surface area (Å²) in [5.41, 5.74) is 0.107. The third-order valence-electron chi connectivity index (χ3n) is 3.85. The molecule has 2 rings (SSSR count). The third kappa shape index (κ3) is 4.77. The van der Waals surface area contributed by atoms with E-state index in [-0.39, 0.29) is 17.3 Å². The Balaban J connectivity index is 1.96. The second kappa shape index (κ2) is 7.91. The number of amides is 1. The van der Waals surface area contributed by atoms with Gasteiger partial charge in [-0.2, -0.15) is 0 Å². The molecule has 1 aliphatic rings. The first kappa shape index (κ1) is 17.9. The van der Waals surface area contributed by atoms with Gasteiger partial charge in [-0.05, 0) is 33.0 Å². The van der Waals surface area contributed by atoms with Crippen LogP contribution in [0.15, 0.2) is 21.8 Å². The smallest absolute Gasteiger partial charge is 0.273 e. The number of carbonyl (C=O) groups is 1. The molecule has 0 aromatic carbocycles. The van der Waals surface area contributed by atoms with E-state index in [0.717, 1.165) is 38.3 Å². The van der Waals surface area contributed by atoms with Gasteiger partial charge in [0.15, 0.2) is 0 Å². The maximum absolute atomic E-state index is 12.2. The quantitative estimate of drug-likeness (QED) is 0.629. The second-order valence-electron chi connectivity index (χ2n) is 5.58. The molecule has 2 heterocycles. The first-order valence-corrected chi connectivity index (χ1v) is 9.10. The van der Waals surface area contributed by atoms with E-state index in [0.29, 0.717) is 6.54 Å². The number of hydrogen-bond donors (Lipinski definition) is 3. The van der Waals surface area contributed by atoms with Crippen LogP contribution in [-0.2, 0) is 10.0 Å². The molecule has 1 amide bonds. The maximum atomic E-state index is 12.2. The highest BCUT2D eigenvalue weighted by Crippen LogP contribution is 2.14. The molecule has 1 saturated heterocycles. The number of nitrogens with one attached hydrogen (secondary N) is 2. The van der Waals surface area contributed by atoms with E-state index >= 15 is 0 Å². The molecule has 9 heteroatoms. The Bertz CT molecular complexity index is 622. The number of furan rings is 1. The van der Waals surface area contributed by atoms with E-state index in [1.807, 2.05) is 0 Å². The summed E-state index contributed by atoms with van der Waals surface area (Å²) < 4.78 is 30.2. The molecule has 0 saturated carbocycles.